The van der Waals surface area contributed by atoms with E-state index in [-0.39, 0.29) is 5.57 Å². The van der Waals surface area contributed by atoms with Crippen molar-refractivity contribution in [1.29, 1.82) is 0 Å². The second kappa shape index (κ2) is 3.25. The Hall–Kier alpha value is -0.990. The van der Waals surface area contributed by atoms with Crippen LogP contribution in [0, 0.1) is 0 Å². The van der Waals surface area contributed by atoms with Crippen LogP contribution < -0.4 is 0 Å². The highest BCUT2D eigenvalue weighted by molar-refractivity contribution is 5.30. The summed E-state index contributed by atoms with van der Waals surface area (Å²) in [6.45, 7) is 6.89. The van der Waals surface area contributed by atoms with Gasteiger partial charge in [0, 0.05) is 0 Å². The molecule has 0 aromatic rings. The molecule has 0 aromatic heterocycles. The Balaban J connectivity index is 4.67. The van der Waals surface area contributed by atoms with E-state index in [2.05, 4.69) is 13.2 Å². The van der Waals surface area contributed by atoms with Gasteiger partial charge < -0.3 is 0 Å². The highest BCUT2D eigenvalue weighted by atomic mass is 19.2. The standard InChI is InChI=1S/C7H7F3/c1-4(2)6(9)7(10)5(3)8/h1,3H2,2H3. The topological polar surface area (TPSA) is 0 Å². The molecule has 0 amide bonds. The molecule has 0 radical (unpaired) electrons. The lowest BCUT2D eigenvalue weighted by molar-refractivity contribution is 0.501. The number of hydrogen-bond donors (Lipinski definition) is 0. The van der Waals surface area contributed by atoms with Crippen LogP contribution in [-0.4, -0.2) is 0 Å². The molecule has 0 fully saturated rings. The summed E-state index contributed by atoms with van der Waals surface area (Å²) in [7, 11) is 0. The Labute approximate surface area is 57.4 Å². The van der Waals surface area contributed by atoms with Crippen LogP contribution >= 0.6 is 0 Å². The molecule has 0 bridgehead atoms. The van der Waals surface area contributed by atoms with Crippen molar-refractivity contribution in [2.75, 3.05) is 0 Å². The monoisotopic (exact) mass is 148 g/mol. The van der Waals surface area contributed by atoms with E-state index < -0.39 is 17.5 Å². The minimum absolute atomic E-state index is 0.156. The second-order valence-electron chi connectivity index (χ2n) is 1.81. The summed E-state index contributed by atoms with van der Waals surface area (Å²) in [5.41, 5.74) is -0.156. The summed E-state index contributed by atoms with van der Waals surface area (Å²) in [4.78, 5) is 0. The number of halogens is 3. The summed E-state index contributed by atoms with van der Waals surface area (Å²) in [6, 6.07) is 0. The van der Waals surface area contributed by atoms with Gasteiger partial charge in [-0.25, -0.2) is 13.2 Å². The maximum absolute atomic E-state index is 12.3. The summed E-state index contributed by atoms with van der Waals surface area (Å²) in [5, 5.41) is 0. The molecule has 0 aliphatic carbocycles. The minimum atomic E-state index is -1.58. The second-order valence-corrected chi connectivity index (χ2v) is 1.81. The molecule has 0 saturated carbocycles. The van der Waals surface area contributed by atoms with Gasteiger partial charge >= 0.3 is 0 Å². The maximum atomic E-state index is 12.3. The largest absolute Gasteiger partial charge is 0.204 e. The molecule has 0 aliphatic rings. The summed E-state index contributed by atoms with van der Waals surface area (Å²) < 4.78 is 36.2. The van der Waals surface area contributed by atoms with Crippen molar-refractivity contribution >= 4 is 0 Å². The van der Waals surface area contributed by atoms with E-state index >= 15 is 0 Å². The van der Waals surface area contributed by atoms with E-state index in [4.69, 9.17) is 0 Å². The van der Waals surface area contributed by atoms with E-state index in [1.165, 1.54) is 6.92 Å². The van der Waals surface area contributed by atoms with E-state index in [9.17, 15) is 13.2 Å². The zero-order valence-corrected chi connectivity index (χ0v) is 5.55. The third kappa shape index (κ3) is 2.09. The van der Waals surface area contributed by atoms with Gasteiger partial charge in [0.1, 0.15) is 0 Å². The molecule has 0 nitrogen and oxygen atoms in total. The first-order valence-electron chi connectivity index (χ1n) is 2.52. The van der Waals surface area contributed by atoms with Crippen molar-refractivity contribution in [2.24, 2.45) is 0 Å². The summed E-state index contributed by atoms with van der Waals surface area (Å²) >= 11 is 0. The van der Waals surface area contributed by atoms with Gasteiger partial charge in [0.05, 0.1) is 0 Å². The van der Waals surface area contributed by atoms with Gasteiger partial charge in [0.2, 0.25) is 0 Å². The third-order valence-corrected chi connectivity index (χ3v) is 0.806. The van der Waals surface area contributed by atoms with E-state index in [1.54, 1.807) is 0 Å². The minimum Gasteiger partial charge on any atom is -0.204 e. The molecule has 0 aromatic carbocycles. The van der Waals surface area contributed by atoms with Crippen LogP contribution in [0.1, 0.15) is 6.92 Å². The van der Waals surface area contributed by atoms with E-state index in [0.29, 0.717) is 0 Å². The molecule has 0 aliphatic heterocycles. The van der Waals surface area contributed by atoms with Gasteiger partial charge in [-0.3, -0.25) is 0 Å². The Morgan fingerprint density at radius 1 is 1.00 bits per heavy atom. The zero-order valence-electron chi connectivity index (χ0n) is 5.55. The van der Waals surface area contributed by atoms with Crippen LogP contribution in [0.5, 0.6) is 0 Å². The van der Waals surface area contributed by atoms with E-state index in [1.807, 2.05) is 0 Å². The van der Waals surface area contributed by atoms with Gasteiger partial charge in [0.25, 0.3) is 0 Å². The fourth-order valence-corrected chi connectivity index (χ4v) is 0.306. The van der Waals surface area contributed by atoms with Crippen molar-refractivity contribution in [3.8, 4) is 0 Å². The Morgan fingerprint density at radius 2 is 1.40 bits per heavy atom. The van der Waals surface area contributed by atoms with E-state index in [0.717, 1.165) is 0 Å². The Kier molecular flexibility index (Phi) is 2.93. The van der Waals surface area contributed by atoms with Crippen LogP contribution in [0.4, 0.5) is 13.2 Å². The molecule has 0 unspecified atom stereocenters. The number of rotatable bonds is 2. The molecule has 0 spiro atoms. The average molecular weight is 148 g/mol. The lowest BCUT2D eigenvalue weighted by atomic mass is 10.3. The molecule has 10 heavy (non-hydrogen) atoms. The third-order valence-electron chi connectivity index (χ3n) is 0.806. The zero-order chi connectivity index (χ0) is 8.31. The Bertz CT molecular complexity index is 179. The predicted octanol–water partition coefficient (Wildman–Crippen LogP) is 3.20. The first-order chi connectivity index (χ1) is 4.46. The first-order valence-corrected chi connectivity index (χ1v) is 2.52. The van der Waals surface area contributed by atoms with Crippen molar-refractivity contribution in [1.82, 2.24) is 0 Å². The molecule has 0 heterocycles. The maximum Gasteiger partial charge on any atom is 0.194 e. The normalized spacial score (nSPS) is 12.4. The van der Waals surface area contributed by atoms with Crippen LogP contribution in [0.25, 0.3) is 0 Å². The molecule has 0 atom stereocenters. The smallest absolute Gasteiger partial charge is 0.194 e. The predicted molar refractivity (Wildman–Crippen MR) is 34.3 cm³/mol. The van der Waals surface area contributed by atoms with Crippen molar-refractivity contribution in [2.45, 2.75) is 6.92 Å². The molecule has 3 heteroatoms. The molecule has 0 N–H and O–H groups in total. The lowest BCUT2D eigenvalue weighted by Crippen LogP contribution is -1.81. The van der Waals surface area contributed by atoms with Gasteiger partial charge in [-0.1, -0.05) is 13.2 Å². The van der Waals surface area contributed by atoms with Crippen molar-refractivity contribution < 1.29 is 13.2 Å². The van der Waals surface area contributed by atoms with Crippen molar-refractivity contribution in [3.63, 3.8) is 0 Å². The quantitative estimate of drug-likeness (QED) is 0.527. The summed E-state index contributed by atoms with van der Waals surface area (Å²) in [6.07, 6.45) is 0. The number of allylic oxidation sites excluding steroid dienone is 4. The highest BCUT2D eigenvalue weighted by Crippen LogP contribution is 2.21. The van der Waals surface area contributed by atoms with Crippen LogP contribution in [0.2, 0.25) is 0 Å². The van der Waals surface area contributed by atoms with Crippen LogP contribution in [0.15, 0.2) is 36.2 Å². The van der Waals surface area contributed by atoms with Gasteiger partial charge in [-0.15, -0.1) is 0 Å². The first kappa shape index (κ1) is 9.01. The molecule has 0 rings (SSSR count). The highest BCUT2D eigenvalue weighted by Gasteiger charge is 2.09. The SMILES string of the molecule is C=C(C)C(F)=C(F)C(=C)F. The van der Waals surface area contributed by atoms with Gasteiger partial charge in [-0.05, 0) is 12.5 Å². The Morgan fingerprint density at radius 3 is 1.50 bits per heavy atom. The molecule has 0 saturated heterocycles. The van der Waals surface area contributed by atoms with Crippen molar-refractivity contribution in [3.05, 3.63) is 36.2 Å². The fraction of sp³-hybridized carbons (Fsp3) is 0.143. The van der Waals surface area contributed by atoms with Gasteiger partial charge in [0.15, 0.2) is 17.5 Å². The molecular formula is C7H7F3. The number of hydrogen-bond acceptors (Lipinski definition) is 0. The molecular weight excluding hydrogens is 141 g/mol. The van der Waals surface area contributed by atoms with Gasteiger partial charge in [-0.2, -0.15) is 0 Å². The molecule has 56 valence electrons. The average Bonchev–Trinajstić information content (AvgIpc) is 1.84. The fourth-order valence-electron chi connectivity index (χ4n) is 0.306. The van der Waals surface area contributed by atoms with Crippen LogP contribution in [-0.2, 0) is 0 Å². The lowest BCUT2D eigenvalue weighted by Gasteiger charge is -1.94. The van der Waals surface area contributed by atoms with Crippen LogP contribution in [0.3, 0.4) is 0 Å². The summed E-state index contributed by atoms with van der Waals surface area (Å²) in [5.74, 6) is -4.28.